The zero-order chi connectivity index (χ0) is 18.9. The third-order valence-corrected chi connectivity index (χ3v) is 6.67. The fourth-order valence-electron chi connectivity index (χ4n) is 6.09. The Hall–Kier alpha value is -2.35. The minimum absolute atomic E-state index is 0.127. The van der Waals surface area contributed by atoms with E-state index >= 15 is 0 Å². The molecule has 4 aliphatic carbocycles. The first kappa shape index (κ1) is 18.0. The van der Waals surface area contributed by atoms with Gasteiger partial charge >= 0.3 is 0 Å². The summed E-state index contributed by atoms with van der Waals surface area (Å²) in [4.78, 5) is 24.0. The minimum atomic E-state index is -0.273. The molecule has 142 valence electrons. The molecule has 2 amide bonds. The Kier molecular flexibility index (Phi) is 4.90. The van der Waals surface area contributed by atoms with Gasteiger partial charge in [0.05, 0.1) is 6.07 Å². The average molecular weight is 365 g/mol. The molecule has 0 spiro atoms. The molecule has 1 aromatic rings. The first-order chi connectivity index (χ1) is 13.0. The maximum absolute atomic E-state index is 12.7. The number of hydrogen-bond acceptors (Lipinski definition) is 3. The number of benzene rings is 1. The smallest absolute Gasteiger partial charge is 0.234 e. The van der Waals surface area contributed by atoms with Gasteiger partial charge in [0.15, 0.2) is 0 Å². The lowest BCUT2D eigenvalue weighted by atomic mass is 9.49. The molecule has 5 heteroatoms. The molecule has 0 radical (unpaired) electrons. The monoisotopic (exact) mass is 365 g/mol. The van der Waals surface area contributed by atoms with Gasteiger partial charge in [-0.2, -0.15) is 5.26 Å². The molecule has 0 unspecified atom stereocenters. The minimum Gasteiger partial charge on any atom is -0.351 e. The number of nitriles is 1. The van der Waals surface area contributed by atoms with E-state index in [-0.39, 0.29) is 23.7 Å². The van der Waals surface area contributed by atoms with Crippen LogP contribution in [-0.2, 0) is 16.1 Å². The van der Waals surface area contributed by atoms with Gasteiger partial charge in [0.2, 0.25) is 11.8 Å². The van der Waals surface area contributed by atoms with Gasteiger partial charge in [0, 0.05) is 18.7 Å². The maximum atomic E-state index is 12.7. The maximum Gasteiger partial charge on any atom is 0.234 e. The summed E-state index contributed by atoms with van der Waals surface area (Å²) in [6, 6.07) is 9.38. The molecular weight excluding hydrogens is 338 g/mol. The first-order valence-corrected chi connectivity index (χ1v) is 10.1. The number of rotatable bonds is 6. The van der Waals surface area contributed by atoms with E-state index in [0.717, 1.165) is 29.0 Å². The molecule has 5 rings (SSSR count). The van der Waals surface area contributed by atoms with Crippen LogP contribution in [0.5, 0.6) is 0 Å². The van der Waals surface area contributed by atoms with E-state index in [2.05, 4.69) is 10.6 Å². The largest absolute Gasteiger partial charge is 0.351 e. The molecule has 0 aromatic heterocycles. The summed E-state index contributed by atoms with van der Waals surface area (Å²) < 4.78 is 0. The van der Waals surface area contributed by atoms with Crippen molar-refractivity contribution in [2.24, 2.45) is 23.2 Å². The Morgan fingerprint density at radius 2 is 1.59 bits per heavy atom. The summed E-state index contributed by atoms with van der Waals surface area (Å²) >= 11 is 0. The molecule has 0 atom stereocenters. The molecule has 4 aliphatic rings. The highest BCUT2D eigenvalue weighted by molar-refractivity contribution is 5.91. The number of anilines is 1. The van der Waals surface area contributed by atoms with Gasteiger partial charge in [-0.05, 0) is 79.4 Å². The lowest BCUT2D eigenvalue weighted by Crippen LogP contribution is -2.47. The molecule has 0 heterocycles. The highest BCUT2D eigenvalue weighted by atomic mass is 16.2. The molecule has 2 N–H and O–H groups in total. The van der Waals surface area contributed by atoms with E-state index in [4.69, 9.17) is 5.26 Å². The zero-order valence-electron chi connectivity index (χ0n) is 15.7. The van der Waals surface area contributed by atoms with Crippen LogP contribution < -0.4 is 10.6 Å². The highest BCUT2D eigenvalue weighted by Gasteiger charge is 2.51. The van der Waals surface area contributed by atoms with Crippen LogP contribution in [0.25, 0.3) is 0 Å². The lowest BCUT2D eigenvalue weighted by molar-refractivity contribution is -0.124. The van der Waals surface area contributed by atoms with Gasteiger partial charge in [-0.3, -0.25) is 9.59 Å². The van der Waals surface area contributed by atoms with E-state index in [1.165, 1.54) is 38.5 Å². The Labute approximate surface area is 160 Å². The van der Waals surface area contributed by atoms with Crippen LogP contribution in [0.4, 0.5) is 5.69 Å². The normalized spacial score (nSPS) is 30.6. The Morgan fingerprint density at radius 1 is 1.00 bits per heavy atom. The molecule has 27 heavy (non-hydrogen) atoms. The van der Waals surface area contributed by atoms with Crippen molar-refractivity contribution in [3.05, 3.63) is 29.8 Å². The van der Waals surface area contributed by atoms with Crippen molar-refractivity contribution in [3.8, 4) is 6.07 Å². The predicted octanol–water partition coefficient (Wildman–Crippen LogP) is 3.76. The van der Waals surface area contributed by atoms with Gasteiger partial charge in [-0.25, -0.2) is 0 Å². The Bertz CT molecular complexity index is 727. The Morgan fingerprint density at radius 3 is 2.15 bits per heavy atom. The van der Waals surface area contributed by atoms with Crippen molar-refractivity contribution < 1.29 is 9.59 Å². The van der Waals surface area contributed by atoms with Crippen molar-refractivity contribution in [1.29, 1.82) is 5.26 Å². The number of hydrogen-bond donors (Lipinski definition) is 2. The third kappa shape index (κ3) is 4.16. The van der Waals surface area contributed by atoms with Crippen LogP contribution in [0.3, 0.4) is 0 Å². The summed E-state index contributed by atoms with van der Waals surface area (Å²) in [5.74, 6) is 2.44. The van der Waals surface area contributed by atoms with Crippen LogP contribution in [0.1, 0.15) is 56.9 Å². The summed E-state index contributed by atoms with van der Waals surface area (Å²) in [6.07, 6.45) is 8.45. The van der Waals surface area contributed by atoms with Crippen LogP contribution >= 0.6 is 0 Å². The van der Waals surface area contributed by atoms with E-state index in [1.807, 2.05) is 30.3 Å². The molecule has 1 aromatic carbocycles. The number of nitrogens with one attached hydrogen (secondary N) is 2. The Balaban J connectivity index is 1.30. The van der Waals surface area contributed by atoms with Crippen LogP contribution in [0.15, 0.2) is 24.3 Å². The highest BCUT2D eigenvalue weighted by Crippen LogP contribution is 2.61. The van der Waals surface area contributed by atoms with Gasteiger partial charge in [-0.15, -0.1) is 0 Å². The van der Waals surface area contributed by atoms with Gasteiger partial charge in [0.1, 0.15) is 6.42 Å². The van der Waals surface area contributed by atoms with Crippen LogP contribution in [0.2, 0.25) is 0 Å². The second-order valence-corrected chi connectivity index (χ2v) is 8.95. The topological polar surface area (TPSA) is 82.0 Å². The summed E-state index contributed by atoms with van der Waals surface area (Å²) in [5.41, 5.74) is 2.00. The second kappa shape index (κ2) is 7.34. The third-order valence-electron chi connectivity index (χ3n) is 6.67. The fraction of sp³-hybridized carbons (Fsp3) is 0.591. The van der Waals surface area contributed by atoms with Crippen molar-refractivity contribution in [2.45, 2.75) is 57.9 Å². The molecule has 4 saturated carbocycles. The summed E-state index contributed by atoms with van der Waals surface area (Å²) in [5, 5.41) is 14.2. The quantitative estimate of drug-likeness (QED) is 0.805. The first-order valence-electron chi connectivity index (χ1n) is 10.1. The number of amides is 2. The number of carbonyl (C=O) groups excluding carboxylic acids is 2. The van der Waals surface area contributed by atoms with E-state index in [0.29, 0.717) is 13.0 Å². The molecule has 0 aliphatic heterocycles. The molecule has 5 nitrogen and oxygen atoms in total. The summed E-state index contributed by atoms with van der Waals surface area (Å²) in [7, 11) is 0. The van der Waals surface area contributed by atoms with Crippen LogP contribution in [0, 0.1) is 34.5 Å². The van der Waals surface area contributed by atoms with Crippen LogP contribution in [-0.4, -0.2) is 11.8 Å². The molecular formula is C22H27N3O2. The lowest BCUT2D eigenvalue weighted by Gasteiger charge is -2.56. The zero-order valence-corrected chi connectivity index (χ0v) is 15.7. The standard InChI is InChI=1S/C22H27N3O2/c23-6-5-20(26)24-14-15-1-3-19(4-2-15)25-21(27)13-22-10-16-7-17(11-22)9-18(8-16)12-22/h1-4,16-18H,5,7-14H2,(H,24,26)(H,25,27). The van der Waals surface area contributed by atoms with Crippen molar-refractivity contribution in [2.75, 3.05) is 5.32 Å². The molecule has 4 bridgehead atoms. The number of carbonyl (C=O) groups is 2. The molecule has 0 saturated heterocycles. The SMILES string of the molecule is N#CCC(=O)NCc1ccc(NC(=O)CC23CC4CC(CC(C4)C2)C3)cc1. The van der Waals surface area contributed by atoms with E-state index in [9.17, 15) is 9.59 Å². The fourth-order valence-corrected chi connectivity index (χ4v) is 6.09. The summed E-state index contributed by atoms with van der Waals surface area (Å²) in [6.45, 7) is 0.391. The van der Waals surface area contributed by atoms with Crippen molar-refractivity contribution >= 4 is 17.5 Å². The van der Waals surface area contributed by atoms with Gasteiger partial charge < -0.3 is 10.6 Å². The van der Waals surface area contributed by atoms with E-state index < -0.39 is 0 Å². The number of nitrogens with zero attached hydrogens (tertiary/aromatic N) is 1. The predicted molar refractivity (Wildman–Crippen MR) is 102 cm³/mol. The molecule has 4 fully saturated rings. The van der Waals surface area contributed by atoms with Crippen molar-refractivity contribution in [3.63, 3.8) is 0 Å². The van der Waals surface area contributed by atoms with Crippen molar-refractivity contribution in [1.82, 2.24) is 5.32 Å². The van der Waals surface area contributed by atoms with Gasteiger partial charge in [-0.1, -0.05) is 12.1 Å². The van der Waals surface area contributed by atoms with E-state index in [1.54, 1.807) is 0 Å². The average Bonchev–Trinajstić information content (AvgIpc) is 2.59. The second-order valence-electron chi connectivity index (χ2n) is 8.95. The van der Waals surface area contributed by atoms with Gasteiger partial charge in [0.25, 0.3) is 0 Å².